The first-order chi connectivity index (χ1) is 15.9. The second-order valence-electron chi connectivity index (χ2n) is 7.23. The number of phenols is 1. The summed E-state index contributed by atoms with van der Waals surface area (Å²) in [6.45, 7) is 4.90. The molecular formula is C23H34NO8P. The van der Waals surface area contributed by atoms with Crippen molar-refractivity contribution >= 4 is 7.60 Å². The quantitative estimate of drug-likeness (QED) is 0.210. The average molecular weight is 483 g/mol. The van der Waals surface area contributed by atoms with Crippen molar-refractivity contribution in [3.63, 3.8) is 0 Å². The fourth-order valence-electron chi connectivity index (χ4n) is 2.94. The molecule has 2 aromatic rings. The molecular weight excluding hydrogens is 449 g/mol. The molecule has 184 valence electrons. The standard InChI is InChI=1S/C23H34NO8P/c1-3-31-33(28,32-4-2)17-30-21-7-5-18(6-8-21)11-12-24-14-20(26)16-29-22-9-10-23(27)19(13-22)15-25/h5-10,13,20,24-27H,3-4,11-12,14-17H2,1-2H3/t20-/m0/s1. The van der Waals surface area contributed by atoms with Crippen LogP contribution in [0.25, 0.3) is 0 Å². The topological polar surface area (TPSA) is 127 Å². The van der Waals surface area contributed by atoms with Crippen LogP contribution < -0.4 is 14.8 Å². The molecule has 0 heterocycles. The number of rotatable bonds is 16. The molecule has 0 spiro atoms. The van der Waals surface area contributed by atoms with Crippen LogP contribution in [0.5, 0.6) is 17.2 Å². The highest BCUT2D eigenvalue weighted by Gasteiger charge is 2.24. The normalized spacial score (nSPS) is 12.5. The number of hydrogen-bond donors (Lipinski definition) is 4. The number of aromatic hydroxyl groups is 1. The second kappa shape index (κ2) is 14.2. The van der Waals surface area contributed by atoms with Crippen LogP contribution in [0, 0.1) is 0 Å². The molecule has 4 N–H and O–H groups in total. The van der Waals surface area contributed by atoms with Gasteiger partial charge in [-0.15, -0.1) is 0 Å². The number of aliphatic hydroxyl groups is 2. The third kappa shape index (κ3) is 9.71. The van der Waals surface area contributed by atoms with Crippen molar-refractivity contribution in [3.8, 4) is 17.2 Å². The predicted molar refractivity (Wildman–Crippen MR) is 125 cm³/mol. The minimum Gasteiger partial charge on any atom is -0.508 e. The summed E-state index contributed by atoms with van der Waals surface area (Å²) in [4.78, 5) is 0. The Balaban J connectivity index is 1.67. The van der Waals surface area contributed by atoms with E-state index >= 15 is 0 Å². The van der Waals surface area contributed by atoms with Crippen LogP contribution in [0.1, 0.15) is 25.0 Å². The van der Waals surface area contributed by atoms with Gasteiger partial charge in [-0.1, -0.05) is 12.1 Å². The minimum atomic E-state index is -3.25. The van der Waals surface area contributed by atoms with Gasteiger partial charge in [0.05, 0.1) is 19.8 Å². The molecule has 0 aromatic heterocycles. The first kappa shape index (κ1) is 27.1. The lowest BCUT2D eigenvalue weighted by Gasteiger charge is -2.17. The summed E-state index contributed by atoms with van der Waals surface area (Å²) in [5, 5.41) is 32.0. The van der Waals surface area contributed by atoms with Gasteiger partial charge in [0.1, 0.15) is 30.0 Å². The Morgan fingerprint density at radius 1 is 1.00 bits per heavy atom. The fraction of sp³-hybridized carbons (Fsp3) is 0.478. The largest absolute Gasteiger partial charge is 0.508 e. The van der Waals surface area contributed by atoms with Crippen LogP contribution in [0.4, 0.5) is 0 Å². The lowest BCUT2D eigenvalue weighted by Crippen LogP contribution is -2.32. The number of benzene rings is 2. The van der Waals surface area contributed by atoms with Gasteiger partial charge in [0.2, 0.25) is 0 Å². The molecule has 0 unspecified atom stereocenters. The van der Waals surface area contributed by atoms with Gasteiger partial charge in [0, 0.05) is 12.1 Å². The molecule has 0 aliphatic rings. The molecule has 0 saturated carbocycles. The van der Waals surface area contributed by atoms with Gasteiger partial charge in [-0.05, 0) is 62.7 Å². The molecule has 1 atom stereocenters. The maximum absolute atomic E-state index is 12.4. The Morgan fingerprint density at radius 2 is 1.67 bits per heavy atom. The smallest absolute Gasteiger partial charge is 0.367 e. The van der Waals surface area contributed by atoms with Gasteiger partial charge in [0.25, 0.3) is 0 Å². The zero-order chi connectivity index (χ0) is 24.1. The Bertz CT molecular complexity index is 867. The Labute approximate surface area is 194 Å². The molecule has 0 saturated heterocycles. The second-order valence-corrected chi connectivity index (χ2v) is 9.23. The maximum Gasteiger partial charge on any atom is 0.367 e. The van der Waals surface area contributed by atoms with Crippen molar-refractivity contribution in [2.24, 2.45) is 0 Å². The van der Waals surface area contributed by atoms with Gasteiger partial charge in [-0.2, -0.15) is 0 Å². The Hall–Kier alpha value is -2.13. The number of ether oxygens (including phenoxy) is 2. The van der Waals surface area contributed by atoms with Gasteiger partial charge in [0.15, 0.2) is 6.35 Å². The van der Waals surface area contributed by atoms with E-state index in [0.717, 1.165) is 12.0 Å². The first-order valence-electron chi connectivity index (χ1n) is 10.9. The third-order valence-electron chi connectivity index (χ3n) is 4.60. The summed E-state index contributed by atoms with van der Waals surface area (Å²) in [7, 11) is -3.25. The zero-order valence-electron chi connectivity index (χ0n) is 19.1. The summed E-state index contributed by atoms with van der Waals surface area (Å²) >= 11 is 0. The Morgan fingerprint density at radius 3 is 2.30 bits per heavy atom. The minimum absolute atomic E-state index is 0.00248. The van der Waals surface area contributed by atoms with Gasteiger partial charge in [-0.25, -0.2) is 0 Å². The SMILES string of the molecule is CCOP(=O)(COc1ccc(CCNC[C@H](O)COc2ccc(O)c(CO)c2)cc1)OCC. The number of nitrogens with one attached hydrogen (secondary N) is 1. The summed E-state index contributed by atoms with van der Waals surface area (Å²) in [5.41, 5.74) is 1.45. The molecule has 10 heteroatoms. The fourth-order valence-corrected chi connectivity index (χ4v) is 4.26. The summed E-state index contributed by atoms with van der Waals surface area (Å²) in [6.07, 6.45) is -0.0955. The van der Waals surface area contributed by atoms with Crippen molar-refractivity contribution in [3.05, 3.63) is 53.6 Å². The van der Waals surface area contributed by atoms with Crippen molar-refractivity contribution < 1.29 is 38.4 Å². The Kier molecular flexibility index (Phi) is 11.7. The average Bonchev–Trinajstić information content (AvgIpc) is 2.81. The summed E-state index contributed by atoms with van der Waals surface area (Å²) < 4.78 is 33.9. The van der Waals surface area contributed by atoms with Crippen LogP contribution >= 0.6 is 7.60 Å². The van der Waals surface area contributed by atoms with Gasteiger partial charge in [-0.3, -0.25) is 4.57 Å². The van der Waals surface area contributed by atoms with Crippen LogP contribution in [-0.2, 0) is 26.6 Å². The van der Waals surface area contributed by atoms with Crippen LogP contribution in [-0.4, -0.2) is 60.7 Å². The lowest BCUT2D eigenvalue weighted by molar-refractivity contribution is 0.106. The van der Waals surface area contributed by atoms with E-state index in [-0.39, 0.29) is 38.5 Å². The first-order valence-corrected chi connectivity index (χ1v) is 12.7. The van der Waals surface area contributed by atoms with Gasteiger partial charge < -0.3 is 39.2 Å². The molecule has 9 nitrogen and oxygen atoms in total. The lowest BCUT2D eigenvalue weighted by atomic mass is 10.1. The van der Waals surface area contributed by atoms with E-state index in [9.17, 15) is 14.8 Å². The van der Waals surface area contributed by atoms with E-state index in [4.69, 9.17) is 23.6 Å². The molecule has 0 fully saturated rings. The molecule has 0 aliphatic heterocycles. The van der Waals surface area contributed by atoms with Crippen LogP contribution in [0.3, 0.4) is 0 Å². The zero-order valence-corrected chi connectivity index (χ0v) is 20.0. The molecule has 33 heavy (non-hydrogen) atoms. The highest BCUT2D eigenvalue weighted by Crippen LogP contribution is 2.47. The van der Waals surface area contributed by atoms with E-state index in [0.29, 0.717) is 30.2 Å². The molecule has 0 bridgehead atoms. The van der Waals surface area contributed by atoms with E-state index in [1.54, 1.807) is 32.0 Å². The third-order valence-corrected chi connectivity index (χ3v) is 6.35. The van der Waals surface area contributed by atoms with E-state index in [2.05, 4.69) is 5.32 Å². The molecule has 0 radical (unpaired) electrons. The van der Waals surface area contributed by atoms with Crippen molar-refractivity contribution in [2.75, 3.05) is 39.3 Å². The summed E-state index contributed by atoms with van der Waals surface area (Å²) in [5.74, 6) is 1.05. The maximum atomic E-state index is 12.4. The van der Waals surface area contributed by atoms with E-state index < -0.39 is 13.7 Å². The molecule has 0 amide bonds. The van der Waals surface area contributed by atoms with E-state index in [1.807, 2.05) is 12.1 Å². The van der Waals surface area contributed by atoms with Gasteiger partial charge >= 0.3 is 7.60 Å². The molecule has 2 aromatic carbocycles. The highest BCUT2D eigenvalue weighted by atomic mass is 31.2. The van der Waals surface area contributed by atoms with Crippen LogP contribution in [0.2, 0.25) is 0 Å². The number of hydrogen-bond acceptors (Lipinski definition) is 9. The van der Waals surface area contributed by atoms with Crippen molar-refractivity contribution in [1.29, 1.82) is 0 Å². The monoisotopic (exact) mass is 483 g/mol. The van der Waals surface area contributed by atoms with E-state index in [1.165, 1.54) is 12.1 Å². The molecule has 0 aliphatic carbocycles. The summed E-state index contributed by atoms with van der Waals surface area (Å²) in [6, 6.07) is 12.0. The highest BCUT2D eigenvalue weighted by molar-refractivity contribution is 7.53. The molecule has 2 rings (SSSR count). The predicted octanol–water partition coefficient (Wildman–Crippen LogP) is 3.06. The number of aliphatic hydroxyl groups excluding tert-OH is 2. The van der Waals surface area contributed by atoms with Crippen molar-refractivity contribution in [2.45, 2.75) is 33.0 Å². The van der Waals surface area contributed by atoms with Crippen LogP contribution in [0.15, 0.2) is 42.5 Å². The van der Waals surface area contributed by atoms with Crippen molar-refractivity contribution in [1.82, 2.24) is 5.32 Å².